The van der Waals surface area contributed by atoms with Gasteiger partial charge in [-0.15, -0.1) is 0 Å². The molecule has 0 atom stereocenters. The summed E-state index contributed by atoms with van der Waals surface area (Å²) >= 11 is 0. The Kier molecular flexibility index (Phi) is 8.07. The van der Waals surface area contributed by atoms with Crippen molar-refractivity contribution in [3.8, 4) is 11.1 Å². The number of benzene rings is 2. The molecule has 0 saturated carbocycles. The molecule has 0 saturated heterocycles. The largest absolute Gasteiger partial charge is 0.359 e. The maximum Gasteiger partial charge on any atom is 0.116 e. The number of nitrogens with one attached hydrogen (secondary N) is 3. The first kappa shape index (κ1) is 26.4. The predicted molar refractivity (Wildman–Crippen MR) is 162 cm³/mol. The quantitative estimate of drug-likeness (QED) is 0.191. The maximum atomic E-state index is 4.58. The number of aromatic nitrogens is 3. The van der Waals surface area contributed by atoms with E-state index in [1.165, 1.54) is 0 Å². The normalized spacial score (nSPS) is 12.0. The van der Waals surface area contributed by atoms with E-state index in [2.05, 4.69) is 103 Å². The van der Waals surface area contributed by atoms with Gasteiger partial charge in [-0.1, -0.05) is 76.1 Å². The molecule has 3 N–H and O–H groups in total. The number of anilines is 1. The molecule has 192 valence electrons. The van der Waals surface area contributed by atoms with Gasteiger partial charge in [0.25, 0.3) is 0 Å². The topological polar surface area (TPSA) is 65.6 Å². The second kappa shape index (κ2) is 11.6. The molecule has 0 fully saturated rings. The smallest absolute Gasteiger partial charge is 0.116 e. The fraction of sp³-hybridized carbons (Fsp3) is 0.152. The van der Waals surface area contributed by atoms with Gasteiger partial charge in [-0.2, -0.15) is 5.10 Å². The molecule has 0 unspecified atom stereocenters. The lowest BCUT2D eigenvalue weighted by Gasteiger charge is -2.15. The molecule has 5 heteroatoms. The molecule has 0 spiro atoms. The van der Waals surface area contributed by atoms with E-state index in [9.17, 15) is 0 Å². The van der Waals surface area contributed by atoms with E-state index in [0.29, 0.717) is 11.6 Å². The number of hydrogen-bond donors (Lipinski definition) is 3. The summed E-state index contributed by atoms with van der Waals surface area (Å²) in [5, 5.41) is 15.5. The van der Waals surface area contributed by atoms with Gasteiger partial charge in [0, 0.05) is 28.5 Å². The summed E-state index contributed by atoms with van der Waals surface area (Å²) < 4.78 is 0. The van der Waals surface area contributed by atoms with Gasteiger partial charge in [0.05, 0.1) is 23.1 Å². The Morgan fingerprint density at radius 3 is 2.50 bits per heavy atom. The lowest BCUT2D eigenvalue weighted by Crippen LogP contribution is -2.14. The van der Waals surface area contributed by atoms with Gasteiger partial charge < -0.3 is 10.6 Å². The molecule has 0 aliphatic heterocycles. The van der Waals surface area contributed by atoms with E-state index >= 15 is 0 Å². The van der Waals surface area contributed by atoms with Crippen LogP contribution in [0.4, 0.5) is 5.69 Å². The molecule has 2 aromatic heterocycles. The molecule has 0 amide bonds. The molecule has 0 radical (unpaired) electrons. The lowest BCUT2D eigenvalue weighted by molar-refractivity contribution is 0.710. The SMILES string of the molecule is C=C/C(=C\C(=C/C)c1ccc2[nH]nc(C(=C)Nc3cncc(-c4ccccc4)c3C)c2c1)NC(=C)C(C)C. The van der Waals surface area contributed by atoms with Gasteiger partial charge in [0.2, 0.25) is 0 Å². The molecular formula is C33H35N5. The van der Waals surface area contributed by atoms with Crippen LogP contribution in [0.25, 0.3) is 33.3 Å². The van der Waals surface area contributed by atoms with E-state index in [1.807, 2.05) is 49.7 Å². The van der Waals surface area contributed by atoms with Crippen molar-refractivity contribution < 1.29 is 0 Å². The number of pyridine rings is 1. The summed E-state index contributed by atoms with van der Waals surface area (Å²) in [7, 11) is 0. The van der Waals surface area contributed by atoms with E-state index in [4.69, 9.17) is 0 Å². The Labute approximate surface area is 225 Å². The molecule has 2 heterocycles. The molecule has 4 rings (SSSR count). The Balaban J connectivity index is 1.64. The van der Waals surface area contributed by atoms with Crippen LogP contribution in [-0.2, 0) is 0 Å². The van der Waals surface area contributed by atoms with Crippen molar-refractivity contribution in [3.05, 3.63) is 127 Å². The molecule has 38 heavy (non-hydrogen) atoms. The second-order valence-electron chi connectivity index (χ2n) is 9.51. The zero-order valence-electron chi connectivity index (χ0n) is 22.6. The Bertz CT molecular complexity index is 1550. The Morgan fingerprint density at radius 2 is 1.82 bits per heavy atom. The first-order valence-corrected chi connectivity index (χ1v) is 12.7. The van der Waals surface area contributed by atoms with Crippen molar-refractivity contribution in [2.45, 2.75) is 27.7 Å². The van der Waals surface area contributed by atoms with Gasteiger partial charge in [0.15, 0.2) is 0 Å². The lowest BCUT2D eigenvalue weighted by atomic mass is 10.0. The van der Waals surface area contributed by atoms with Crippen LogP contribution in [0.3, 0.4) is 0 Å². The summed E-state index contributed by atoms with van der Waals surface area (Å²) in [6.45, 7) is 20.7. The van der Waals surface area contributed by atoms with Crippen molar-refractivity contribution in [2.24, 2.45) is 5.92 Å². The molecule has 0 aliphatic carbocycles. The molecule has 5 nitrogen and oxygen atoms in total. The highest BCUT2D eigenvalue weighted by molar-refractivity contribution is 5.95. The third kappa shape index (κ3) is 5.68. The van der Waals surface area contributed by atoms with E-state index in [0.717, 1.165) is 61.5 Å². The third-order valence-corrected chi connectivity index (χ3v) is 6.61. The number of H-pyrrole nitrogens is 1. The van der Waals surface area contributed by atoms with Gasteiger partial charge in [0.1, 0.15) is 5.69 Å². The monoisotopic (exact) mass is 501 g/mol. The van der Waals surface area contributed by atoms with Gasteiger partial charge in [-0.3, -0.25) is 10.1 Å². The van der Waals surface area contributed by atoms with Crippen LogP contribution in [-0.4, -0.2) is 15.2 Å². The number of rotatable bonds is 10. The number of hydrogen-bond acceptors (Lipinski definition) is 4. The minimum absolute atomic E-state index is 0.322. The van der Waals surface area contributed by atoms with Crippen molar-refractivity contribution >= 4 is 27.9 Å². The summed E-state index contributed by atoms with van der Waals surface area (Å²) in [4.78, 5) is 4.47. The number of aromatic amines is 1. The molecule has 0 bridgehead atoms. The average Bonchev–Trinajstić information content (AvgIpc) is 3.36. The predicted octanol–water partition coefficient (Wildman–Crippen LogP) is 8.25. The van der Waals surface area contributed by atoms with E-state index in [1.54, 1.807) is 0 Å². The van der Waals surface area contributed by atoms with Crippen LogP contribution < -0.4 is 10.6 Å². The zero-order valence-corrected chi connectivity index (χ0v) is 22.6. The molecule has 4 aromatic rings. The van der Waals surface area contributed by atoms with Crippen molar-refractivity contribution in [1.82, 2.24) is 20.5 Å². The van der Waals surface area contributed by atoms with Crippen LogP contribution in [0.15, 0.2) is 110 Å². The number of fused-ring (bicyclic) bond motifs is 1. The highest BCUT2D eigenvalue weighted by Crippen LogP contribution is 2.31. The highest BCUT2D eigenvalue weighted by Gasteiger charge is 2.14. The molecule has 0 aliphatic rings. The highest BCUT2D eigenvalue weighted by atomic mass is 15.1. The van der Waals surface area contributed by atoms with Gasteiger partial charge in [-0.25, -0.2) is 0 Å². The van der Waals surface area contributed by atoms with Crippen LogP contribution in [0, 0.1) is 12.8 Å². The van der Waals surface area contributed by atoms with Crippen LogP contribution >= 0.6 is 0 Å². The van der Waals surface area contributed by atoms with E-state index < -0.39 is 0 Å². The maximum absolute atomic E-state index is 4.58. The van der Waals surface area contributed by atoms with Crippen LogP contribution in [0.5, 0.6) is 0 Å². The molecule has 2 aromatic carbocycles. The van der Waals surface area contributed by atoms with Crippen LogP contribution in [0.2, 0.25) is 0 Å². The van der Waals surface area contributed by atoms with Crippen molar-refractivity contribution in [1.29, 1.82) is 0 Å². The third-order valence-electron chi connectivity index (χ3n) is 6.61. The van der Waals surface area contributed by atoms with Gasteiger partial charge in [-0.05, 0) is 66.3 Å². The first-order chi connectivity index (χ1) is 18.3. The minimum atomic E-state index is 0.322. The van der Waals surface area contributed by atoms with Crippen molar-refractivity contribution in [2.75, 3.05) is 5.32 Å². The number of allylic oxidation sites excluding steroid dienone is 5. The molecular weight excluding hydrogens is 466 g/mol. The van der Waals surface area contributed by atoms with Crippen molar-refractivity contribution in [3.63, 3.8) is 0 Å². The Morgan fingerprint density at radius 1 is 1.05 bits per heavy atom. The van der Waals surface area contributed by atoms with Crippen LogP contribution in [0.1, 0.15) is 37.6 Å². The minimum Gasteiger partial charge on any atom is -0.359 e. The fourth-order valence-corrected chi connectivity index (χ4v) is 4.18. The number of nitrogens with zero attached hydrogens (tertiary/aromatic N) is 2. The summed E-state index contributed by atoms with van der Waals surface area (Å²) in [6, 6.07) is 16.5. The Hall–Kier alpha value is -4.64. The summed E-state index contributed by atoms with van der Waals surface area (Å²) in [5.74, 6) is 0.322. The second-order valence-corrected chi connectivity index (χ2v) is 9.51. The van der Waals surface area contributed by atoms with Gasteiger partial charge >= 0.3 is 0 Å². The summed E-state index contributed by atoms with van der Waals surface area (Å²) in [6.07, 6.45) is 9.69. The fourth-order valence-electron chi connectivity index (χ4n) is 4.18. The zero-order chi connectivity index (χ0) is 27.2. The van der Waals surface area contributed by atoms with E-state index in [-0.39, 0.29) is 0 Å². The first-order valence-electron chi connectivity index (χ1n) is 12.7. The summed E-state index contributed by atoms with van der Waals surface area (Å²) in [5.41, 5.74) is 10.6. The standard InChI is InChI=1S/C33H35N5/c1-8-25(17-28(9-2)35-23(6)21(3)4)27-15-16-31-29(18-27)33(38-37-31)24(7)36-32-20-34-19-30(22(32)5)26-13-11-10-12-14-26/h8-21,35-36H,2,6-7H2,1,3-5H3,(H,37,38)/b25-8+,28-17+. The average molecular weight is 502 g/mol.